The molecule has 2 amide bonds. The molecule has 1 unspecified atom stereocenters. The maximum absolute atomic E-state index is 12.1. The lowest BCUT2D eigenvalue weighted by Crippen LogP contribution is -2.53. The van der Waals surface area contributed by atoms with E-state index in [-0.39, 0.29) is 24.4 Å². The van der Waals surface area contributed by atoms with Gasteiger partial charge in [0.15, 0.2) is 0 Å². The Morgan fingerprint density at radius 3 is 2.68 bits per heavy atom. The summed E-state index contributed by atoms with van der Waals surface area (Å²) in [5, 5.41) is 5.62. The molecule has 0 spiro atoms. The van der Waals surface area contributed by atoms with Gasteiger partial charge in [0, 0.05) is 18.8 Å². The normalized spacial score (nSPS) is 17.7. The Morgan fingerprint density at radius 1 is 1.37 bits per heavy atom. The quantitative estimate of drug-likeness (QED) is 0.844. The van der Waals surface area contributed by atoms with Gasteiger partial charge in [0.05, 0.1) is 12.6 Å². The van der Waals surface area contributed by atoms with Crippen LogP contribution in [0.3, 0.4) is 0 Å². The summed E-state index contributed by atoms with van der Waals surface area (Å²) in [6, 6.07) is 7.35. The molecule has 0 aromatic heterocycles. The number of aryl methyl sites for hydroxylation is 1. The average Bonchev–Trinajstić information content (AvgIpc) is 2.40. The number of hydrogen-bond donors (Lipinski definition) is 2. The lowest BCUT2D eigenvalue weighted by atomic mass is 10.2. The maximum atomic E-state index is 12.1. The van der Waals surface area contributed by atoms with Crippen LogP contribution in [0.1, 0.15) is 12.5 Å². The van der Waals surface area contributed by atoms with Crippen molar-refractivity contribution in [2.75, 3.05) is 25.0 Å². The number of piperazine rings is 1. The predicted octanol–water partition coefficient (Wildman–Crippen LogP) is 0.754. The lowest BCUT2D eigenvalue weighted by molar-refractivity contribution is -0.127. The molecule has 1 aliphatic rings. The number of carbonyl (C=O) groups is 2. The molecule has 1 heterocycles. The van der Waals surface area contributed by atoms with Gasteiger partial charge in [-0.3, -0.25) is 14.5 Å². The van der Waals surface area contributed by atoms with Crippen molar-refractivity contribution in [3.8, 4) is 0 Å². The van der Waals surface area contributed by atoms with Crippen LogP contribution < -0.4 is 10.6 Å². The van der Waals surface area contributed by atoms with Crippen molar-refractivity contribution in [3.05, 3.63) is 29.8 Å². The summed E-state index contributed by atoms with van der Waals surface area (Å²) in [6.45, 7) is 5.40. The molecule has 19 heavy (non-hydrogen) atoms. The fourth-order valence-electron chi connectivity index (χ4n) is 2.04. The number of hydrogen-bond acceptors (Lipinski definition) is 3. The smallest absolute Gasteiger partial charge is 0.241 e. The summed E-state index contributed by atoms with van der Waals surface area (Å²) in [5.74, 6) is -0.111. The van der Waals surface area contributed by atoms with E-state index >= 15 is 0 Å². The summed E-state index contributed by atoms with van der Waals surface area (Å²) in [5.41, 5.74) is 1.93. The van der Waals surface area contributed by atoms with Gasteiger partial charge in [0.2, 0.25) is 11.8 Å². The van der Waals surface area contributed by atoms with Crippen LogP contribution in [0.15, 0.2) is 24.3 Å². The fourth-order valence-corrected chi connectivity index (χ4v) is 2.04. The maximum Gasteiger partial charge on any atom is 0.241 e. The van der Waals surface area contributed by atoms with Crippen LogP contribution in [0.2, 0.25) is 0 Å². The minimum absolute atomic E-state index is 0.0266. The second kappa shape index (κ2) is 5.84. The molecule has 2 rings (SSSR count). The Labute approximate surface area is 113 Å². The van der Waals surface area contributed by atoms with Gasteiger partial charge in [-0.05, 0) is 26.0 Å². The van der Waals surface area contributed by atoms with E-state index in [0.29, 0.717) is 13.1 Å². The zero-order valence-corrected chi connectivity index (χ0v) is 11.3. The molecule has 1 aromatic rings. The van der Waals surface area contributed by atoms with Crippen LogP contribution in [0.25, 0.3) is 0 Å². The molecule has 0 bridgehead atoms. The molecule has 1 atom stereocenters. The van der Waals surface area contributed by atoms with E-state index in [9.17, 15) is 9.59 Å². The van der Waals surface area contributed by atoms with E-state index in [0.717, 1.165) is 11.3 Å². The minimum Gasteiger partial charge on any atom is -0.354 e. The highest BCUT2D eigenvalue weighted by Gasteiger charge is 2.25. The van der Waals surface area contributed by atoms with E-state index in [2.05, 4.69) is 10.6 Å². The number of anilines is 1. The van der Waals surface area contributed by atoms with Crippen LogP contribution in [0.4, 0.5) is 5.69 Å². The largest absolute Gasteiger partial charge is 0.354 e. The Hall–Kier alpha value is -1.88. The summed E-state index contributed by atoms with van der Waals surface area (Å²) in [4.78, 5) is 25.3. The number of nitrogens with zero attached hydrogens (tertiary/aromatic N) is 1. The van der Waals surface area contributed by atoms with Crippen LogP contribution in [0.5, 0.6) is 0 Å². The highest BCUT2D eigenvalue weighted by Crippen LogP contribution is 2.10. The number of rotatable bonds is 3. The topological polar surface area (TPSA) is 61.4 Å². The second-order valence-electron chi connectivity index (χ2n) is 4.85. The summed E-state index contributed by atoms with van der Waals surface area (Å²) < 4.78 is 0. The molecule has 5 heteroatoms. The van der Waals surface area contributed by atoms with E-state index in [4.69, 9.17) is 0 Å². The SMILES string of the molecule is Cc1ccc(NC(=O)C(C)N2CCNC(=O)C2)cc1. The van der Waals surface area contributed by atoms with Crippen LogP contribution in [0, 0.1) is 6.92 Å². The Bertz CT molecular complexity index is 470. The van der Waals surface area contributed by atoms with Crippen LogP contribution in [-0.4, -0.2) is 42.4 Å². The minimum atomic E-state index is -0.313. The molecule has 0 saturated carbocycles. The summed E-state index contributed by atoms with van der Waals surface area (Å²) >= 11 is 0. The Morgan fingerprint density at radius 2 is 2.05 bits per heavy atom. The predicted molar refractivity (Wildman–Crippen MR) is 73.9 cm³/mol. The molecule has 102 valence electrons. The molecule has 1 fully saturated rings. The number of amides is 2. The first-order chi connectivity index (χ1) is 9.06. The summed E-state index contributed by atoms with van der Waals surface area (Å²) in [6.07, 6.45) is 0. The first-order valence-electron chi connectivity index (χ1n) is 6.44. The van der Waals surface area contributed by atoms with Gasteiger partial charge in [-0.25, -0.2) is 0 Å². The highest BCUT2D eigenvalue weighted by atomic mass is 16.2. The molecule has 2 N–H and O–H groups in total. The monoisotopic (exact) mass is 261 g/mol. The third-order valence-electron chi connectivity index (χ3n) is 3.31. The van der Waals surface area contributed by atoms with E-state index in [1.807, 2.05) is 43.0 Å². The van der Waals surface area contributed by atoms with Crippen molar-refractivity contribution in [1.82, 2.24) is 10.2 Å². The van der Waals surface area contributed by atoms with Gasteiger partial charge >= 0.3 is 0 Å². The van der Waals surface area contributed by atoms with Gasteiger partial charge in [0.25, 0.3) is 0 Å². The van der Waals surface area contributed by atoms with Crippen molar-refractivity contribution >= 4 is 17.5 Å². The Kier molecular flexibility index (Phi) is 4.16. The first-order valence-corrected chi connectivity index (χ1v) is 6.44. The zero-order valence-electron chi connectivity index (χ0n) is 11.3. The second-order valence-corrected chi connectivity index (χ2v) is 4.85. The molecule has 0 aliphatic carbocycles. The molecule has 1 aromatic carbocycles. The third kappa shape index (κ3) is 3.54. The molecule has 0 radical (unpaired) electrons. The van der Waals surface area contributed by atoms with E-state index in [1.165, 1.54) is 0 Å². The van der Waals surface area contributed by atoms with Crippen molar-refractivity contribution in [2.24, 2.45) is 0 Å². The number of nitrogens with one attached hydrogen (secondary N) is 2. The number of carbonyl (C=O) groups excluding carboxylic acids is 2. The van der Waals surface area contributed by atoms with E-state index in [1.54, 1.807) is 0 Å². The van der Waals surface area contributed by atoms with Gasteiger partial charge in [0.1, 0.15) is 0 Å². The Balaban J connectivity index is 1.95. The van der Waals surface area contributed by atoms with Crippen molar-refractivity contribution in [2.45, 2.75) is 19.9 Å². The van der Waals surface area contributed by atoms with Gasteiger partial charge < -0.3 is 10.6 Å². The van der Waals surface area contributed by atoms with Crippen LogP contribution >= 0.6 is 0 Å². The van der Waals surface area contributed by atoms with Gasteiger partial charge in [-0.1, -0.05) is 17.7 Å². The van der Waals surface area contributed by atoms with Crippen molar-refractivity contribution in [3.63, 3.8) is 0 Å². The molecular formula is C14H19N3O2. The third-order valence-corrected chi connectivity index (χ3v) is 3.31. The van der Waals surface area contributed by atoms with Crippen molar-refractivity contribution < 1.29 is 9.59 Å². The zero-order chi connectivity index (χ0) is 13.8. The first kappa shape index (κ1) is 13.5. The standard InChI is InChI=1S/C14H19N3O2/c1-10-3-5-12(6-4-10)16-14(19)11(2)17-8-7-15-13(18)9-17/h3-6,11H,7-9H2,1-2H3,(H,15,18)(H,16,19). The summed E-state index contributed by atoms with van der Waals surface area (Å²) in [7, 11) is 0. The van der Waals surface area contributed by atoms with Gasteiger partial charge in [-0.2, -0.15) is 0 Å². The highest BCUT2D eigenvalue weighted by molar-refractivity contribution is 5.95. The van der Waals surface area contributed by atoms with E-state index < -0.39 is 0 Å². The molecule has 5 nitrogen and oxygen atoms in total. The molecular weight excluding hydrogens is 242 g/mol. The number of benzene rings is 1. The van der Waals surface area contributed by atoms with Gasteiger partial charge in [-0.15, -0.1) is 0 Å². The lowest BCUT2D eigenvalue weighted by Gasteiger charge is -2.31. The average molecular weight is 261 g/mol. The molecule has 1 aliphatic heterocycles. The molecule has 1 saturated heterocycles. The van der Waals surface area contributed by atoms with Crippen LogP contribution in [-0.2, 0) is 9.59 Å². The fraction of sp³-hybridized carbons (Fsp3) is 0.429. The van der Waals surface area contributed by atoms with Crippen molar-refractivity contribution in [1.29, 1.82) is 0 Å².